The molecule has 0 bridgehead atoms. The second kappa shape index (κ2) is 6.42. The second-order valence-electron chi connectivity index (χ2n) is 7.22. The van der Waals surface area contributed by atoms with Crippen LogP contribution in [0.5, 0.6) is 5.75 Å². The van der Waals surface area contributed by atoms with Gasteiger partial charge in [-0.2, -0.15) is 0 Å². The molecule has 1 aliphatic heterocycles. The van der Waals surface area contributed by atoms with Crippen LogP contribution in [0.25, 0.3) is 0 Å². The third-order valence-electron chi connectivity index (χ3n) is 5.47. The quantitative estimate of drug-likeness (QED) is 0.846. The van der Waals surface area contributed by atoms with Gasteiger partial charge < -0.3 is 14.7 Å². The number of halogens is 3. The molecule has 4 nitrogen and oxygen atoms in total. The van der Waals surface area contributed by atoms with Crippen molar-refractivity contribution < 1.29 is 27.8 Å². The molecule has 1 heterocycles. The van der Waals surface area contributed by atoms with Crippen molar-refractivity contribution in [2.24, 2.45) is 5.41 Å². The summed E-state index contributed by atoms with van der Waals surface area (Å²) in [6, 6.07) is 4.91. The van der Waals surface area contributed by atoms with Crippen molar-refractivity contribution in [1.82, 2.24) is 4.90 Å². The van der Waals surface area contributed by atoms with Gasteiger partial charge in [-0.3, -0.25) is 0 Å². The molecule has 1 aromatic carbocycles. The van der Waals surface area contributed by atoms with Crippen LogP contribution in [-0.2, 0) is 6.42 Å². The van der Waals surface area contributed by atoms with E-state index in [1.165, 1.54) is 17.0 Å². The zero-order valence-electron chi connectivity index (χ0n) is 14.1. The van der Waals surface area contributed by atoms with E-state index in [4.69, 9.17) is 5.11 Å². The lowest BCUT2D eigenvalue weighted by molar-refractivity contribution is -0.274. The molecule has 1 aromatic rings. The molecule has 25 heavy (non-hydrogen) atoms. The summed E-state index contributed by atoms with van der Waals surface area (Å²) in [7, 11) is 0. The molecule has 1 N–H and O–H groups in total. The van der Waals surface area contributed by atoms with E-state index in [2.05, 4.69) is 4.74 Å². The number of likely N-dealkylation sites (tertiary alicyclic amines) is 1. The Labute approximate surface area is 144 Å². The fourth-order valence-electron chi connectivity index (χ4n) is 4.10. The van der Waals surface area contributed by atoms with Crippen LogP contribution in [0.15, 0.2) is 18.2 Å². The van der Waals surface area contributed by atoms with Gasteiger partial charge in [0.25, 0.3) is 0 Å². The number of nitrogens with zero attached hydrogens (tertiary/aromatic N) is 1. The molecule has 7 heteroatoms. The Bertz CT molecular complexity index is 643. The molecule has 0 atom stereocenters. The van der Waals surface area contributed by atoms with Gasteiger partial charge in [0.15, 0.2) is 0 Å². The van der Waals surface area contributed by atoms with Crippen molar-refractivity contribution in [1.29, 1.82) is 0 Å². The highest BCUT2D eigenvalue weighted by Crippen LogP contribution is 2.48. The Balaban J connectivity index is 1.68. The number of amides is 1. The Morgan fingerprint density at radius 3 is 2.44 bits per heavy atom. The van der Waals surface area contributed by atoms with Crippen molar-refractivity contribution in [3.63, 3.8) is 0 Å². The first-order valence-electron chi connectivity index (χ1n) is 8.57. The molecule has 1 saturated heterocycles. The zero-order valence-corrected chi connectivity index (χ0v) is 14.1. The lowest BCUT2D eigenvalue weighted by atomic mass is 9.65. The van der Waals surface area contributed by atoms with Crippen molar-refractivity contribution in [2.75, 3.05) is 13.1 Å². The first-order chi connectivity index (χ1) is 11.7. The van der Waals surface area contributed by atoms with E-state index in [9.17, 15) is 18.0 Å². The molecule has 138 valence electrons. The number of carbonyl (C=O) groups is 1. The standard InChI is InChI=1S/C18H22F3NO3/c1-2-12-7-14(9-15(8-12)25-18(19,20)21)13-3-5-17(6-4-13)10-22(11-17)16(23)24/h7-9,13H,2-6,10-11H2,1H3,(H,23,24). The summed E-state index contributed by atoms with van der Waals surface area (Å²) in [5.41, 5.74) is 1.79. The van der Waals surface area contributed by atoms with Gasteiger partial charge in [0.2, 0.25) is 0 Å². The topological polar surface area (TPSA) is 49.8 Å². The van der Waals surface area contributed by atoms with Crippen LogP contribution in [0.4, 0.5) is 18.0 Å². The monoisotopic (exact) mass is 357 g/mol. The van der Waals surface area contributed by atoms with Crippen molar-refractivity contribution in [3.8, 4) is 5.75 Å². The van der Waals surface area contributed by atoms with Gasteiger partial charge in [-0.15, -0.1) is 13.2 Å². The summed E-state index contributed by atoms with van der Waals surface area (Å²) in [6.07, 6.45) is -1.37. The second-order valence-corrected chi connectivity index (χ2v) is 7.22. The number of rotatable bonds is 3. The van der Waals surface area contributed by atoms with Gasteiger partial charge in [-0.25, -0.2) is 4.79 Å². The Kier molecular flexibility index (Phi) is 4.60. The summed E-state index contributed by atoms with van der Waals surface area (Å²) in [6.45, 7) is 3.06. The van der Waals surface area contributed by atoms with Crippen LogP contribution < -0.4 is 4.74 Å². The van der Waals surface area contributed by atoms with Crippen LogP contribution in [-0.4, -0.2) is 35.6 Å². The summed E-state index contributed by atoms with van der Waals surface area (Å²) in [5.74, 6) is 0.0504. The van der Waals surface area contributed by atoms with E-state index in [0.29, 0.717) is 19.5 Å². The van der Waals surface area contributed by atoms with E-state index in [0.717, 1.165) is 36.8 Å². The maximum absolute atomic E-state index is 12.5. The van der Waals surface area contributed by atoms with E-state index in [1.807, 2.05) is 13.0 Å². The highest BCUT2D eigenvalue weighted by molar-refractivity contribution is 5.66. The minimum atomic E-state index is -4.69. The predicted octanol–water partition coefficient (Wildman–Crippen LogP) is 4.79. The molecular weight excluding hydrogens is 335 g/mol. The third kappa shape index (κ3) is 4.02. The average molecular weight is 357 g/mol. The average Bonchev–Trinajstić information content (AvgIpc) is 2.50. The van der Waals surface area contributed by atoms with Crippen LogP contribution in [0, 0.1) is 5.41 Å². The number of hydrogen-bond acceptors (Lipinski definition) is 2. The predicted molar refractivity (Wildman–Crippen MR) is 85.7 cm³/mol. The minimum absolute atomic E-state index is 0.0720. The van der Waals surface area contributed by atoms with Crippen molar-refractivity contribution >= 4 is 6.09 Å². The van der Waals surface area contributed by atoms with Crippen molar-refractivity contribution in [2.45, 2.75) is 51.3 Å². The van der Waals surface area contributed by atoms with Gasteiger partial charge in [0.05, 0.1) is 0 Å². The summed E-state index contributed by atoms with van der Waals surface area (Å²) < 4.78 is 41.7. The summed E-state index contributed by atoms with van der Waals surface area (Å²) >= 11 is 0. The maximum atomic E-state index is 12.5. The highest BCUT2D eigenvalue weighted by Gasteiger charge is 2.47. The molecule has 3 rings (SSSR count). The molecule has 0 aromatic heterocycles. The lowest BCUT2D eigenvalue weighted by Crippen LogP contribution is -2.59. The SMILES string of the molecule is CCc1cc(OC(F)(F)F)cc(C2CCC3(CC2)CN(C(=O)O)C3)c1. The van der Waals surface area contributed by atoms with Crippen LogP contribution >= 0.6 is 0 Å². The molecule has 1 saturated carbocycles. The first kappa shape index (κ1) is 17.9. The lowest BCUT2D eigenvalue weighted by Gasteiger charge is -2.52. The van der Waals surface area contributed by atoms with E-state index in [1.54, 1.807) is 0 Å². The van der Waals surface area contributed by atoms with Crippen molar-refractivity contribution in [3.05, 3.63) is 29.3 Å². The number of hydrogen-bond donors (Lipinski definition) is 1. The minimum Gasteiger partial charge on any atom is -0.465 e. The van der Waals surface area contributed by atoms with Gasteiger partial charge >= 0.3 is 12.5 Å². The summed E-state index contributed by atoms with van der Waals surface area (Å²) in [5, 5.41) is 8.98. The van der Waals surface area contributed by atoms with Crippen LogP contribution in [0.2, 0.25) is 0 Å². The number of carboxylic acid groups (broad SMARTS) is 1. The van der Waals surface area contributed by atoms with Gasteiger partial charge in [0.1, 0.15) is 5.75 Å². The van der Waals surface area contributed by atoms with Gasteiger partial charge in [-0.05, 0) is 61.3 Å². The number of aryl methyl sites for hydroxylation is 1. The zero-order chi connectivity index (χ0) is 18.2. The Morgan fingerprint density at radius 2 is 1.92 bits per heavy atom. The normalized spacial score (nSPS) is 20.4. The molecular formula is C18H22F3NO3. The molecule has 2 aliphatic rings. The van der Waals surface area contributed by atoms with E-state index >= 15 is 0 Å². The molecule has 0 unspecified atom stereocenters. The fourth-order valence-corrected chi connectivity index (χ4v) is 4.10. The van der Waals surface area contributed by atoms with Crippen LogP contribution in [0.3, 0.4) is 0 Å². The van der Waals surface area contributed by atoms with Gasteiger partial charge in [0, 0.05) is 18.5 Å². The summed E-state index contributed by atoms with van der Waals surface area (Å²) in [4.78, 5) is 12.4. The number of ether oxygens (including phenoxy) is 1. The Hall–Kier alpha value is -1.92. The molecule has 1 amide bonds. The highest BCUT2D eigenvalue weighted by atomic mass is 19.4. The number of alkyl halides is 3. The third-order valence-corrected chi connectivity index (χ3v) is 5.47. The molecule has 1 spiro atoms. The van der Waals surface area contributed by atoms with Gasteiger partial charge in [-0.1, -0.05) is 13.0 Å². The molecule has 2 fully saturated rings. The van der Waals surface area contributed by atoms with E-state index < -0.39 is 12.5 Å². The maximum Gasteiger partial charge on any atom is 0.573 e. The smallest absolute Gasteiger partial charge is 0.465 e. The fraction of sp³-hybridized carbons (Fsp3) is 0.611. The number of benzene rings is 1. The van der Waals surface area contributed by atoms with Crippen LogP contribution in [0.1, 0.15) is 49.7 Å². The molecule has 0 radical (unpaired) electrons. The molecule has 1 aliphatic carbocycles. The first-order valence-corrected chi connectivity index (χ1v) is 8.57. The van der Waals surface area contributed by atoms with E-state index in [-0.39, 0.29) is 17.1 Å². The Morgan fingerprint density at radius 1 is 1.28 bits per heavy atom. The largest absolute Gasteiger partial charge is 0.573 e.